The second-order valence-corrected chi connectivity index (χ2v) is 7.72. The van der Waals surface area contributed by atoms with E-state index in [1.54, 1.807) is 18.3 Å². The number of hydrogen-bond acceptors (Lipinski definition) is 7. The third-order valence-electron chi connectivity index (χ3n) is 3.20. The minimum Gasteiger partial charge on any atom is -0.296 e. The number of thiazole rings is 1. The third-order valence-corrected chi connectivity index (χ3v) is 5.04. The summed E-state index contributed by atoms with van der Waals surface area (Å²) in [6, 6.07) is 6.31. The van der Waals surface area contributed by atoms with E-state index in [0.29, 0.717) is 11.6 Å². The molecule has 0 aliphatic rings. The first-order valence-corrected chi connectivity index (χ1v) is 9.42. The van der Waals surface area contributed by atoms with E-state index >= 15 is 0 Å². The molecule has 10 heteroatoms. The summed E-state index contributed by atoms with van der Waals surface area (Å²) in [5.41, 5.74) is 1.11. The molecule has 0 aliphatic carbocycles. The fourth-order valence-corrected chi connectivity index (χ4v) is 3.38. The van der Waals surface area contributed by atoms with Gasteiger partial charge in [-0.05, 0) is 17.7 Å². The molecule has 0 atom stereocenters. The smallest absolute Gasteiger partial charge is 0.277 e. The monoisotopic (exact) mass is 375 g/mol. The molecule has 0 unspecified atom stereocenters. The Kier molecular flexibility index (Phi) is 4.83. The van der Waals surface area contributed by atoms with Crippen molar-refractivity contribution in [2.75, 3.05) is 5.32 Å². The average molecular weight is 375 g/mol. The first-order valence-electron chi connectivity index (χ1n) is 7.05. The first kappa shape index (κ1) is 17.1. The van der Waals surface area contributed by atoms with Gasteiger partial charge in [0.2, 0.25) is 10.0 Å². The van der Waals surface area contributed by atoms with Crippen molar-refractivity contribution in [3.63, 3.8) is 0 Å². The molecule has 0 saturated carbocycles. The highest BCUT2D eigenvalue weighted by atomic mass is 32.2. The molecule has 0 saturated heterocycles. The predicted molar refractivity (Wildman–Crippen MR) is 92.7 cm³/mol. The Morgan fingerprint density at radius 1 is 1.12 bits per heavy atom. The fourth-order valence-electron chi connectivity index (χ4n) is 2.02. The van der Waals surface area contributed by atoms with Crippen molar-refractivity contribution in [2.45, 2.75) is 11.3 Å². The van der Waals surface area contributed by atoms with Crippen LogP contribution in [0.1, 0.15) is 20.9 Å². The zero-order chi connectivity index (χ0) is 17.9. The highest BCUT2D eigenvalue weighted by Crippen LogP contribution is 2.22. The molecule has 3 rings (SSSR count). The molecule has 8 nitrogen and oxygen atoms in total. The lowest BCUT2D eigenvalue weighted by atomic mass is 10.1. The summed E-state index contributed by atoms with van der Waals surface area (Å²) in [5.74, 6) is -0.383. The van der Waals surface area contributed by atoms with Crippen LogP contribution in [0.25, 0.3) is 0 Å². The highest BCUT2D eigenvalue weighted by molar-refractivity contribution is 7.89. The lowest BCUT2D eigenvalue weighted by Crippen LogP contribution is -2.13. The molecule has 0 fully saturated rings. The Morgan fingerprint density at radius 2 is 1.88 bits per heavy atom. The summed E-state index contributed by atoms with van der Waals surface area (Å²) < 4.78 is 22.5. The summed E-state index contributed by atoms with van der Waals surface area (Å²) in [7, 11) is -3.70. The predicted octanol–water partition coefficient (Wildman–Crippen LogP) is 1.42. The molecule has 0 radical (unpaired) electrons. The van der Waals surface area contributed by atoms with E-state index in [4.69, 9.17) is 5.14 Å². The van der Waals surface area contributed by atoms with E-state index in [-0.39, 0.29) is 16.5 Å². The van der Waals surface area contributed by atoms with Crippen LogP contribution in [-0.2, 0) is 16.4 Å². The molecule has 0 spiro atoms. The second kappa shape index (κ2) is 7.05. The summed E-state index contributed by atoms with van der Waals surface area (Å²) in [5, 5.41) is 8.19. The van der Waals surface area contributed by atoms with E-state index in [1.807, 2.05) is 0 Å². The van der Waals surface area contributed by atoms with Crippen molar-refractivity contribution in [1.82, 2.24) is 15.0 Å². The third kappa shape index (κ3) is 4.44. The van der Waals surface area contributed by atoms with Crippen molar-refractivity contribution < 1.29 is 13.2 Å². The normalized spacial score (nSPS) is 11.2. The zero-order valence-corrected chi connectivity index (χ0v) is 14.4. The number of benzene rings is 1. The van der Waals surface area contributed by atoms with Crippen LogP contribution in [0.5, 0.6) is 0 Å². The Hall–Kier alpha value is -2.69. The van der Waals surface area contributed by atoms with Crippen LogP contribution in [0.15, 0.2) is 53.9 Å². The van der Waals surface area contributed by atoms with Gasteiger partial charge in [0.15, 0.2) is 5.13 Å². The lowest BCUT2D eigenvalue weighted by Gasteiger charge is -2.01. The van der Waals surface area contributed by atoms with Gasteiger partial charge in [0, 0.05) is 29.9 Å². The number of nitrogens with zero attached hydrogens (tertiary/aromatic N) is 3. The SMILES string of the molecule is NS(=O)(=O)c1ccc(Cc2cnc(NC(=O)c3cnccn3)s2)cc1. The van der Waals surface area contributed by atoms with Gasteiger partial charge in [0.25, 0.3) is 5.91 Å². The molecule has 3 aromatic rings. The molecular weight excluding hydrogens is 362 g/mol. The van der Waals surface area contributed by atoms with Crippen LogP contribution in [-0.4, -0.2) is 29.3 Å². The quantitative estimate of drug-likeness (QED) is 0.694. The number of hydrogen-bond donors (Lipinski definition) is 2. The van der Waals surface area contributed by atoms with E-state index < -0.39 is 10.0 Å². The Morgan fingerprint density at radius 3 is 2.52 bits per heavy atom. The molecule has 25 heavy (non-hydrogen) atoms. The summed E-state index contributed by atoms with van der Waals surface area (Å²) in [4.78, 5) is 24.9. The molecule has 128 valence electrons. The number of aromatic nitrogens is 3. The van der Waals surface area contributed by atoms with E-state index in [9.17, 15) is 13.2 Å². The van der Waals surface area contributed by atoms with Crippen LogP contribution in [0.4, 0.5) is 5.13 Å². The van der Waals surface area contributed by atoms with Gasteiger partial charge < -0.3 is 0 Å². The number of rotatable bonds is 5. The maximum Gasteiger partial charge on any atom is 0.277 e. The Bertz CT molecular complexity index is 986. The maximum atomic E-state index is 12.0. The van der Waals surface area contributed by atoms with Crippen LogP contribution in [0.2, 0.25) is 0 Å². The number of nitrogens with one attached hydrogen (secondary N) is 1. The Balaban J connectivity index is 1.67. The number of carbonyl (C=O) groups excluding carboxylic acids is 1. The highest BCUT2D eigenvalue weighted by Gasteiger charge is 2.11. The van der Waals surface area contributed by atoms with Crippen LogP contribution in [0, 0.1) is 0 Å². The molecular formula is C15H13N5O3S2. The summed E-state index contributed by atoms with van der Waals surface area (Å²) in [6.07, 6.45) is 6.51. The van der Waals surface area contributed by atoms with Crippen molar-refractivity contribution in [1.29, 1.82) is 0 Å². The van der Waals surface area contributed by atoms with Crippen molar-refractivity contribution in [2.24, 2.45) is 5.14 Å². The fraction of sp³-hybridized carbons (Fsp3) is 0.0667. The van der Waals surface area contributed by atoms with E-state index in [1.165, 1.54) is 42.1 Å². The number of nitrogens with two attached hydrogens (primary N) is 1. The molecule has 0 bridgehead atoms. The van der Waals surface area contributed by atoms with Crippen LogP contribution < -0.4 is 10.5 Å². The topological polar surface area (TPSA) is 128 Å². The molecule has 1 amide bonds. The summed E-state index contributed by atoms with van der Waals surface area (Å²) in [6.45, 7) is 0. The van der Waals surface area contributed by atoms with Gasteiger partial charge in [0.1, 0.15) is 5.69 Å². The van der Waals surface area contributed by atoms with Crippen LogP contribution >= 0.6 is 11.3 Å². The van der Waals surface area contributed by atoms with Crippen molar-refractivity contribution in [3.05, 3.63) is 65.2 Å². The van der Waals surface area contributed by atoms with Gasteiger partial charge in [-0.25, -0.2) is 23.5 Å². The first-order chi connectivity index (χ1) is 11.9. The number of sulfonamides is 1. The summed E-state index contributed by atoms with van der Waals surface area (Å²) >= 11 is 1.33. The van der Waals surface area contributed by atoms with Gasteiger partial charge in [-0.3, -0.25) is 15.1 Å². The minimum atomic E-state index is -3.70. The van der Waals surface area contributed by atoms with Gasteiger partial charge >= 0.3 is 0 Å². The number of amides is 1. The standard InChI is InChI=1S/C15H13N5O3S2/c16-25(22,23)12-3-1-10(2-4-12)7-11-8-19-15(24-11)20-14(21)13-9-17-5-6-18-13/h1-6,8-9H,7H2,(H2,16,22,23)(H,19,20,21). The number of primary sulfonamides is 1. The number of carbonyl (C=O) groups is 1. The average Bonchev–Trinajstić information content (AvgIpc) is 3.02. The van der Waals surface area contributed by atoms with E-state index in [0.717, 1.165) is 10.4 Å². The number of anilines is 1. The minimum absolute atomic E-state index is 0.0671. The lowest BCUT2D eigenvalue weighted by molar-refractivity contribution is 0.102. The second-order valence-electron chi connectivity index (χ2n) is 5.04. The molecule has 1 aromatic carbocycles. The zero-order valence-electron chi connectivity index (χ0n) is 12.8. The van der Waals surface area contributed by atoms with Gasteiger partial charge in [0.05, 0.1) is 11.1 Å². The van der Waals surface area contributed by atoms with E-state index in [2.05, 4.69) is 20.3 Å². The van der Waals surface area contributed by atoms with Gasteiger partial charge in [-0.15, -0.1) is 11.3 Å². The molecule has 2 aromatic heterocycles. The van der Waals surface area contributed by atoms with Crippen molar-refractivity contribution >= 4 is 32.4 Å². The van der Waals surface area contributed by atoms with Gasteiger partial charge in [-0.1, -0.05) is 12.1 Å². The van der Waals surface area contributed by atoms with Gasteiger partial charge in [-0.2, -0.15) is 0 Å². The Labute approximate surface area is 147 Å². The van der Waals surface area contributed by atoms with Crippen LogP contribution in [0.3, 0.4) is 0 Å². The molecule has 0 aliphatic heterocycles. The largest absolute Gasteiger partial charge is 0.296 e. The maximum absolute atomic E-state index is 12.0. The molecule has 3 N–H and O–H groups in total. The molecule has 2 heterocycles. The van der Waals surface area contributed by atoms with Crippen molar-refractivity contribution in [3.8, 4) is 0 Å².